The van der Waals surface area contributed by atoms with E-state index in [1.165, 1.54) is 4.90 Å². The molecule has 1 atom stereocenters. The van der Waals surface area contributed by atoms with Crippen molar-refractivity contribution in [2.75, 3.05) is 18.9 Å². The van der Waals surface area contributed by atoms with E-state index < -0.39 is 0 Å². The van der Waals surface area contributed by atoms with Crippen LogP contribution in [0, 0.1) is 0 Å². The van der Waals surface area contributed by atoms with Crippen molar-refractivity contribution in [2.24, 2.45) is 0 Å². The lowest BCUT2D eigenvalue weighted by Gasteiger charge is -2.19. The summed E-state index contributed by atoms with van der Waals surface area (Å²) in [6.45, 7) is 8.18. The predicted octanol–water partition coefficient (Wildman–Crippen LogP) is 4.33. The molecule has 0 spiro atoms. The van der Waals surface area contributed by atoms with Gasteiger partial charge in [0.05, 0.1) is 12.7 Å². The minimum atomic E-state index is 0.293. The van der Waals surface area contributed by atoms with E-state index in [1.54, 1.807) is 0 Å². The van der Waals surface area contributed by atoms with Crippen LogP contribution in [0.15, 0.2) is 33.6 Å². The van der Waals surface area contributed by atoms with Crippen LogP contribution in [0.3, 0.4) is 0 Å². The van der Waals surface area contributed by atoms with Crippen LogP contribution in [0.2, 0.25) is 0 Å². The molecule has 2 nitrogen and oxygen atoms in total. The number of hydrogen-bond acceptors (Lipinski definition) is 3. The fourth-order valence-corrected chi connectivity index (χ4v) is 3.12. The van der Waals surface area contributed by atoms with E-state index in [4.69, 9.17) is 4.74 Å². The average molecular weight is 346 g/mol. The Labute approximate surface area is 129 Å². The van der Waals surface area contributed by atoms with Gasteiger partial charge >= 0.3 is 0 Å². The molecular formula is C15H24BrNOS. The summed E-state index contributed by atoms with van der Waals surface area (Å²) >= 11 is 5.38. The molecule has 0 bridgehead atoms. The second kappa shape index (κ2) is 9.81. The van der Waals surface area contributed by atoms with Crippen LogP contribution in [0.5, 0.6) is 0 Å². The zero-order chi connectivity index (χ0) is 14.1. The predicted molar refractivity (Wildman–Crippen MR) is 88.0 cm³/mol. The molecule has 4 heteroatoms. The Morgan fingerprint density at radius 2 is 2.16 bits per heavy atom. The Morgan fingerprint density at radius 3 is 2.79 bits per heavy atom. The fraction of sp³-hybridized carbons (Fsp3) is 0.600. The maximum absolute atomic E-state index is 5.73. The number of hydrogen-bond donors (Lipinski definition) is 1. The molecular weight excluding hydrogens is 322 g/mol. The molecule has 1 unspecified atom stereocenters. The zero-order valence-corrected chi connectivity index (χ0v) is 14.4. The van der Waals surface area contributed by atoms with Crippen molar-refractivity contribution < 1.29 is 4.74 Å². The van der Waals surface area contributed by atoms with Gasteiger partial charge in [0.15, 0.2) is 0 Å². The number of halogens is 1. The summed E-state index contributed by atoms with van der Waals surface area (Å²) in [7, 11) is 0. The van der Waals surface area contributed by atoms with E-state index in [0.717, 1.165) is 29.8 Å². The van der Waals surface area contributed by atoms with Crippen molar-refractivity contribution in [3.8, 4) is 0 Å². The lowest BCUT2D eigenvalue weighted by Crippen LogP contribution is -2.37. The van der Waals surface area contributed by atoms with Crippen LogP contribution in [0.4, 0.5) is 0 Å². The third-order valence-corrected chi connectivity index (χ3v) is 4.21. The highest BCUT2D eigenvalue weighted by atomic mass is 79.9. The van der Waals surface area contributed by atoms with E-state index in [-0.39, 0.29) is 0 Å². The van der Waals surface area contributed by atoms with Gasteiger partial charge in [-0.1, -0.05) is 28.9 Å². The van der Waals surface area contributed by atoms with Gasteiger partial charge in [-0.2, -0.15) is 0 Å². The molecule has 0 aromatic heterocycles. The summed E-state index contributed by atoms with van der Waals surface area (Å²) in [4.78, 5) is 1.29. The number of thioether (sulfide) groups is 1. The molecule has 0 saturated heterocycles. The van der Waals surface area contributed by atoms with Crippen molar-refractivity contribution in [3.05, 3.63) is 28.7 Å². The second-order valence-electron chi connectivity index (χ2n) is 4.80. The fourth-order valence-electron chi connectivity index (χ4n) is 1.58. The maximum atomic E-state index is 5.73. The monoisotopic (exact) mass is 345 g/mol. The van der Waals surface area contributed by atoms with E-state index in [0.29, 0.717) is 12.1 Å². The quantitative estimate of drug-likeness (QED) is 0.673. The SMILES string of the molecule is CCCNC(COC(C)C)CSc1cccc(Br)c1. The number of benzene rings is 1. The first-order chi connectivity index (χ1) is 9.11. The Balaban J connectivity index is 2.42. The topological polar surface area (TPSA) is 21.3 Å². The minimum Gasteiger partial charge on any atom is -0.377 e. The second-order valence-corrected chi connectivity index (χ2v) is 6.81. The van der Waals surface area contributed by atoms with Crippen LogP contribution < -0.4 is 5.32 Å². The highest BCUT2D eigenvalue weighted by Gasteiger charge is 2.10. The molecule has 0 amide bonds. The third kappa shape index (κ3) is 7.98. The zero-order valence-electron chi connectivity index (χ0n) is 12.0. The average Bonchev–Trinajstić information content (AvgIpc) is 2.37. The number of nitrogens with one attached hydrogen (secondary N) is 1. The Bertz CT molecular complexity index is 360. The summed E-state index contributed by atoms with van der Waals surface area (Å²) in [5.74, 6) is 1.03. The summed E-state index contributed by atoms with van der Waals surface area (Å²) in [5, 5.41) is 3.55. The van der Waals surface area contributed by atoms with Gasteiger partial charge < -0.3 is 10.1 Å². The van der Waals surface area contributed by atoms with E-state index in [2.05, 4.69) is 66.3 Å². The molecule has 0 radical (unpaired) electrons. The minimum absolute atomic E-state index is 0.293. The van der Waals surface area contributed by atoms with Gasteiger partial charge in [-0.25, -0.2) is 0 Å². The lowest BCUT2D eigenvalue weighted by molar-refractivity contribution is 0.0655. The van der Waals surface area contributed by atoms with Crippen LogP contribution in [0.1, 0.15) is 27.2 Å². The standard InChI is InChI=1S/C15H24BrNOS/c1-4-8-17-14(10-18-12(2)3)11-19-15-7-5-6-13(16)9-15/h5-7,9,12,14,17H,4,8,10-11H2,1-3H3. The van der Waals surface area contributed by atoms with Crippen LogP contribution in [0.25, 0.3) is 0 Å². The molecule has 19 heavy (non-hydrogen) atoms. The van der Waals surface area contributed by atoms with E-state index in [9.17, 15) is 0 Å². The van der Waals surface area contributed by atoms with Crippen molar-refractivity contribution in [1.29, 1.82) is 0 Å². The molecule has 108 valence electrons. The van der Waals surface area contributed by atoms with Crippen molar-refractivity contribution in [3.63, 3.8) is 0 Å². The van der Waals surface area contributed by atoms with Gasteiger partial charge in [-0.15, -0.1) is 11.8 Å². The summed E-state index contributed by atoms with van der Waals surface area (Å²) in [6, 6.07) is 8.84. The molecule has 1 aromatic rings. The first-order valence-electron chi connectivity index (χ1n) is 6.85. The smallest absolute Gasteiger partial charge is 0.0631 e. The lowest BCUT2D eigenvalue weighted by atomic mass is 10.3. The normalized spacial score (nSPS) is 12.9. The molecule has 0 aliphatic rings. The van der Waals surface area contributed by atoms with Gasteiger partial charge in [0.25, 0.3) is 0 Å². The molecule has 1 aromatic carbocycles. The number of ether oxygens (including phenoxy) is 1. The maximum Gasteiger partial charge on any atom is 0.0631 e. The Morgan fingerprint density at radius 1 is 1.37 bits per heavy atom. The first-order valence-corrected chi connectivity index (χ1v) is 8.63. The molecule has 0 aliphatic carbocycles. The molecule has 0 aliphatic heterocycles. The highest BCUT2D eigenvalue weighted by molar-refractivity contribution is 9.10. The highest BCUT2D eigenvalue weighted by Crippen LogP contribution is 2.22. The van der Waals surface area contributed by atoms with Gasteiger partial charge in [0.2, 0.25) is 0 Å². The van der Waals surface area contributed by atoms with Gasteiger partial charge in [-0.3, -0.25) is 0 Å². The van der Waals surface area contributed by atoms with E-state index in [1.807, 2.05) is 11.8 Å². The summed E-state index contributed by atoms with van der Waals surface area (Å²) in [6.07, 6.45) is 1.45. The third-order valence-electron chi connectivity index (χ3n) is 2.56. The van der Waals surface area contributed by atoms with Crippen LogP contribution in [-0.2, 0) is 4.74 Å². The van der Waals surface area contributed by atoms with Gasteiger partial charge in [0.1, 0.15) is 0 Å². The summed E-state index contributed by atoms with van der Waals surface area (Å²) < 4.78 is 6.86. The molecule has 0 fully saturated rings. The Hall–Kier alpha value is -0.0300. The molecule has 0 heterocycles. The number of rotatable bonds is 9. The van der Waals surface area contributed by atoms with Crippen molar-refractivity contribution in [1.82, 2.24) is 5.32 Å². The summed E-state index contributed by atoms with van der Waals surface area (Å²) in [5.41, 5.74) is 0. The molecule has 1 rings (SSSR count). The van der Waals surface area contributed by atoms with Gasteiger partial charge in [-0.05, 0) is 45.0 Å². The van der Waals surface area contributed by atoms with Gasteiger partial charge in [0, 0.05) is 21.2 Å². The largest absolute Gasteiger partial charge is 0.377 e. The van der Waals surface area contributed by atoms with Crippen LogP contribution >= 0.6 is 27.7 Å². The Kier molecular flexibility index (Phi) is 8.79. The van der Waals surface area contributed by atoms with E-state index >= 15 is 0 Å². The van der Waals surface area contributed by atoms with Crippen molar-refractivity contribution in [2.45, 2.75) is 44.2 Å². The molecule has 0 saturated carbocycles. The molecule has 1 N–H and O–H groups in total. The first kappa shape index (κ1) is 17.0. The van der Waals surface area contributed by atoms with Crippen molar-refractivity contribution >= 4 is 27.7 Å². The van der Waals surface area contributed by atoms with Crippen LogP contribution in [-0.4, -0.2) is 31.1 Å².